The lowest BCUT2D eigenvalue weighted by atomic mass is 9.97. The van der Waals surface area contributed by atoms with E-state index >= 15 is 0 Å². The summed E-state index contributed by atoms with van der Waals surface area (Å²) in [6, 6.07) is 1.58. The van der Waals surface area contributed by atoms with Gasteiger partial charge in [0.25, 0.3) is 5.91 Å². The normalized spacial score (nSPS) is 19.2. The Bertz CT molecular complexity index is 606. The third-order valence-corrected chi connectivity index (χ3v) is 3.68. The zero-order chi connectivity index (χ0) is 14.8. The van der Waals surface area contributed by atoms with E-state index in [1.807, 2.05) is 13.8 Å². The number of carbonyl (C=O) groups excluding carboxylic acids is 1. The highest BCUT2D eigenvalue weighted by molar-refractivity contribution is 5.92. The zero-order valence-corrected chi connectivity index (χ0v) is 12.2. The van der Waals surface area contributed by atoms with Crippen molar-refractivity contribution in [1.82, 2.24) is 20.2 Å². The molecule has 1 aliphatic rings. The van der Waals surface area contributed by atoms with Crippen molar-refractivity contribution in [3.8, 4) is 0 Å². The van der Waals surface area contributed by atoms with Crippen molar-refractivity contribution < 1.29 is 13.8 Å². The first kappa shape index (κ1) is 13.8. The molecule has 1 saturated heterocycles. The highest BCUT2D eigenvalue weighted by atomic mass is 16.5. The second-order valence-electron chi connectivity index (χ2n) is 5.62. The van der Waals surface area contributed by atoms with Crippen molar-refractivity contribution in [3.05, 3.63) is 29.7 Å². The highest BCUT2D eigenvalue weighted by Gasteiger charge is 2.29. The molecule has 3 heterocycles. The van der Waals surface area contributed by atoms with E-state index in [-0.39, 0.29) is 17.7 Å². The molecule has 0 N–H and O–H groups in total. The van der Waals surface area contributed by atoms with E-state index in [9.17, 15) is 4.79 Å². The molecular formula is C14H18N4O3. The van der Waals surface area contributed by atoms with Gasteiger partial charge in [0.05, 0.1) is 0 Å². The molecule has 0 aliphatic carbocycles. The number of hydrogen-bond acceptors (Lipinski definition) is 6. The number of likely N-dealkylation sites (tertiary alicyclic amines) is 1. The Morgan fingerprint density at radius 3 is 2.95 bits per heavy atom. The highest BCUT2D eigenvalue weighted by Crippen LogP contribution is 2.26. The zero-order valence-electron chi connectivity index (χ0n) is 12.2. The van der Waals surface area contributed by atoms with Crippen LogP contribution < -0.4 is 0 Å². The molecule has 1 amide bonds. The topological polar surface area (TPSA) is 85.3 Å². The summed E-state index contributed by atoms with van der Waals surface area (Å²) in [6.07, 6.45) is 3.28. The minimum absolute atomic E-state index is 0.110. The van der Waals surface area contributed by atoms with Gasteiger partial charge in [0.2, 0.25) is 5.89 Å². The lowest BCUT2D eigenvalue weighted by Crippen LogP contribution is -2.39. The van der Waals surface area contributed by atoms with Crippen molar-refractivity contribution in [1.29, 1.82) is 0 Å². The smallest absolute Gasteiger partial charge is 0.276 e. The monoisotopic (exact) mass is 290 g/mol. The maximum Gasteiger partial charge on any atom is 0.276 e. The lowest BCUT2D eigenvalue weighted by molar-refractivity contribution is 0.0693. The summed E-state index contributed by atoms with van der Waals surface area (Å²) in [5.74, 6) is 1.55. The Balaban J connectivity index is 1.72. The molecule has 21 heavy (non-hydrogen) atoms. The van der Waals surface area contributed by atoms with Crippen LogP contribution in [0.25, 0.3) is 0 Å². The molecule has 0 saturated carbocycles. The number of aromatic nitrogens is 3. The molecule has 7 nitrogen and oxygen atoms in total. The van der Waals surface area contributed by atoms with Crippen LogP contribution in [-0.2, 0) is 0 Å². The van der Waals surface area contributed by atoms with Gasteiger partial charge in [-0.25, -0.2) is 0 Å². The molecular weight excluding hydrogens is 272 g/mol. The fourth-order valence-corrected chi connectivity index (χ4v) is 2.50. The van der Waals surface area contributed by atoms with E-state index in [4.69, 9.17) is 9.05 Å². The quantitative estimate of drug-likeness (QED) is 0.861. The third-order valence-electron chi connectivity index (χ3n) is 3.68. The minimum atomic E-state index is -0.110. The van der Waals surface area contributed by atoms with E-state index in [1.54, 1.807) is 11.0 Å². The molecule has 1 fully saturated rings. The van der Waals surface area contributed by atoms with E-state index in [2.05, 4.69) is 15.3 Å². The lowest BCUT2D eigenvalue weighted by Gasteiger charge is -2.30. The number of amides is 1. The number of carbonyl (C=O) groups is 1. The number of rotatable bonds is 3. The van der Waals surface area contributed by atoms with Crippen LogP contribution in [0.3, 0.4) is 0 Å². The molecule has 112 valence electrons. The van der Waals surface area contributed by atoms with Crippen molar-refractivity contribution in [2.75, 3.05) is 13.1 Å². The second kappa shape index (κ2) is 5.67. The van der Waals surface area contributed by atoms with Gasteiger partial charge in [-0.05, 0) is 12.8 Å². The van der Waals surface area contributed by atoms with Crippen LogP contribution in [0, 0.1) is 0 Å². The van der Waals surface area contributed by atoms with Crippen LogP contribution >= 0.6 is 0 Å². The van der Waals surface area contributed by atoms with Crippen LogP contribution in [0.15, 0.2) is 21.4 Å². The molecule has 2 aromatic heterocycles. The van der Waals surface area contributed by atoms with Crippen LogP contribution in [0.4, 0.5) is 0 Å². The predicted molar refractivity (Wildman–Crippen MR) is 72.8 cm³/mol. The molecule has 3 rings (SSSR count). The van der Waals surface area contributed by atoms with Gasteiger partial charge in [0.1, 0.15) is 6.26 Å². The van der Waals surface area contributed by atoms with Crippen molar-refractivity contribution in [3.63, 3.8) is 0 Å². The first-order valence-electron chi connectivity index (χ1n) is 7.18. The molecule has 1 aliphatic heterocycles. The van der Waals surface area contributed by atoms with Gasteiger partial charge in [-0.2, -0.15) is 4.98 Å². The molecule has 0 unspecified atom stereocenters. The van der Waals surface area contributed by atoms with Gasteiger partial charge >= 0.3 is 0 Å². The summed E-state index contributed by atoms with van der Waals surface area (Å²) in [5, 5.41) is 7.76. The summed E-state index contributed by atoms with van der Waals surface area (Å²) >= 11 is 0. The number of nitrogens with zero attached hydrogens (tertiary/aromatic N) is 4. The van der Waals surface area contributed by atoms with Crippen molar-refractivity contribution in [2.24, 2.45) is 0 Å². The van der Waals surface area contributed by atoms with Gasteiger partial charge in [-0.3, -0.25) is 4.79 Å². The second-order valence-corrected chi connectivity index (χ2v) is 5.62. The Morgan fingerprint density at radius 2 is 2.29 bits per heavy atom. The van der Waals surface area contributed by atoms with Gasteiger partial charge in [-0.15, -0.1) is 0 Å². The number of piperidine rings is 1. The fourth-order valence-electron chi connectivity index (χ4n) is 2.50. The maximum absolute atomic E-state index is 12.3. The fraction of sp³-hybridized carbons (Fsp3) is 0.571. The van der Waals surface area contributed by atoms with E-state index in [0.717, 1.165) is 19.4 Å². The van der Waals surface area contributed by atoms with E-state index in [0.29, 0.717) is 24.0 Å². The van der Waals surface area contributed by atoms with Crippen LogP contribution in [0.5, 0.6) is 0 Å². The summed E-state index contributed by atoms with van der Waals surface area (Å²) in [5.41, 5.74) is 0.339. The van der Waals surface area contributed by atoms with Gasteiger partial charge < -0.3 is 13.9 Å². The summed E-state index contributed by atoms with van der Waals surface area (Å²) in [7, 11) is 0. The Kier molecular flexibility index (Phi) is 3.72. The molecule has 2 aromatic rings. The molecule has 1 atom stereocenters. The summed E-state index contributed by atoms with van der Waals surface area (Å²) < 4.78 is 9.99. The Labute approximate surface area is 122 Å². The molecule has 0 radical (unpaired) electrons. The summed E-state index contributed by atoms with van der Waals surface area (Å²) in [6.45, 7) is 5.33. The van der Waals surface area contributed by atoms with Crippen LogP contribution in [-0.4, -0.2) is 39.2 Å². The van der Waals surface area contributed by atoms with Crippen molar-refractivity contribution >= 4 is 5.91 Å². The first-order valence-corrected chi connectivity index (χ1v) is 7.18. The average molecular weight is 290 g/mol. The predicted octanol–water partition coefficient (Wildman–Crippen LogP) is 2.20. The van der Waals surface area contributed by atoms with Gasteiger partial charge in [0.15, 0.2) is 11.5 Å². The SMILES string of the molecule is CC(C)c1nc([C@@H]2CCCN(C(=O)c3ccon3)C2)no1. The first-order chi connectivity index (χ1) is 10.1. The van der Waals surface area contributed by atoms with E-state index < -0.39 is 0 Å². The van der Waals surface area contributed by atoms with Gasteiger partial charge in [0, 0.05) is 31.0 Å². The Hall–Kier alpha value is -2.18. The average Bonchev–Trinajstić information content (AvgIpc) is 3.18. The maximum atomic E-state index is 12.3. The Morgan fingerprint density at radius 1 is 1.43 bits per heavy atom. The molecule has 0 bridgehead atoms. The molecule has 0 aromatic carbocycles. The molecule has 0 spiro atoms. The van der Waals surface area contributed by atoms with Crippen LogP contribution in [0.2, 0.25) is 0 Å². The standard InChI is InChI=1S/C14H18N4O3/c1-9(2)13-15-12(17-21-13)10-4-3-6-18(8-10)14(19)11-5-7-20-16-11/h5,7,9-10H,3-4,6,8H2,1-2H3/t10-/m1/s1. The summed E-state index contributed by atoms with van der Waals surface area (Å²) in [4.78, 5) is 18.5. The van der Waals surface area contributed by atoms with E-state index in [1.165, 1.54) is 6.26 Å². The minimum Gasteiger partial charge on any atom is -0.364 e. The largest absolute Gasteiger partial charge is 0.364 e. The molecule has 7 heteroatoms. The number of hydrogen-bond donors (Lipinski definition) is 0. The van der Waals surface area contributed by atoms with Crippen molar-refractivity contribution in [2.45, 2.75) is 38.5 Å². The third kappa shape index (κ3) is 2.81. The van der Waals surface area contributed by atoms with Gasteiger partial charge in [-0.1, -0.05) is 24.2 Å². The van der Waals surface area contributed by atoms with Crippen LogP contribution in [0.1, 0.15) is 60.7 Å².